The van der Waals surface area contributed by atoms with Crippen molar-refractivity contribution in [1.29, 1.82) is 0 Å². The first-order chi connectivity index (χ1) is 23.8. The lowest BCUT2D eigenvalue weighted by molar-refractivity contribution is 1.41. The smallest absolute Gasteiger partial charge is 0.365 e. The van der Waals surface area contributed by atoms with Gasteiger partial charge in [-0.1, -0.05) is 146 Å². The van der Waals surface area contributed by atoms with E-state index < -0.39 is 0 Å². The van der Waals surface area contributed by atoms with Crippen molar-refractivity contribution >= 4 is 104 Å². The maximum Gasteiger partial charge on any atom is 0.365 e. The first kappa shape index (κ1) is 27.3. The fourth-order valence-electron chi connectivity index (χ4n) is 7.64. The highest BCUT2D eigenvalue weighted by Crippen LogP contribution is 2.42. The van der Waals surface area contributed by atoms with Gasteiger partial charge in [-0.25, -0.2) is 0 Å². The quantitative estimate of drug-likeness (QED) is 0.147. The maximum atomic E-state index is 2.33. The Bertz CT molecular complexity index is 2240. The average molecular weight is 606 g/mol. The summed E-state index contributed by atoms with van der Waals surface area (Å²) in [6.07, 6.45) is 0. The van der Waals surface area contributed by atoms with Crippen LogP contribution in [0, 0.1) is 0 Å². The molecule has 10 rings (SSSR count). The van der Waals surface area contributed by atoms with E-state index in [0.29, 0.717) is 0 Å². The van der Waals surface area contributed by atoms with Gasteiger partial charge in [-0.05, 0) is 50.5 Å². The molecule has 3 radical (unpaired) electrons. The lowest BCUT2D eigenvalue weighted by Gasteiger charge is -2.44. The van der Waals surface area contributed by atoms with E-state index in [4.69, 9.17) is 0 Å². The van der Waals surface area contributed by atoms with Gasteiger partial charge >= 0.3 is 22.6 Å². The molecule has 3 nitrogen and oxygen atoms in total. The topological polar surface area (TPSA) is 9.72 Å². The highest BCUT2D eigenvalue weighted by molar-refractivity contribution is 6.88. The summed E-state index contributed by atoms with van der Waals surface area (Å²) in [6.45, 7) is 0. The molecule has 48 heavy (non-hydrogen) atoms. The molecule has 1 heterocycles. The summed E-state index contributed by atoms with van der Waals surface area (Å²) in [7, 11) is 6.77. The Balaban J connectivity index is 1.27. The predicted molar refractivity (Wildman–Crippen MR) is 209 cm³/mol. The molecule has 1 aliphatic heterocycles. The fraction of sp³-hybridized carbons (Fsp3) is 0. The van der Waals surface area contributed by atoms with Gasteiger partial charge in [-0.15, -0.1) is 0 Å². The molecule has 1 saturated heterocycles. The third kappa shape index (κ3) is 4.26. The minimum atomic E-state index is 1.15. The van der Waals surface area contributed by atoms with Gasteiger partial charge in [-0.2, -0.15) is 0 Å². The van der Waals surface area contributed by atoms with Gasteiger partial charge in [0.25, 0.3) is 0 Å². The molecule has 0 spiro atoms. The highest BCUT2D eigenvalue weighted by Gasteiger charge is 2.34. The molecule has 219 valence electrons. The van der Waals surface area contributed by atoms with Gasteiger partial charge in [0.15, 0.2) is 0 Å². The Morgan fingerprint density at radius 3 is 0.646 bits per heavy atom. The van der Waals surface area contributed by atoms with Crippen molar-refractivity contribution in [2.75, 3.05) is 14.2 Å². The van der Waals surface area contributed by atoms with Gasteiger partial charge < -0.3 is 14.2 Å². The number of anilines is 3. The molecule has 1 aliphatic rings. The summed E-state index contributed by atoms with van der Waals surface area (Å²) < 4.78 is 6.99. The van der Waals surface area contributed by atoms with E-state index in [9.17, 15) is 0 Å². The van der Waals surface area contributed by atoms with E-state index in [1.165, 1.54) is 64.6 Å². The summed E-state index contributed by atoms with van der Waals surface area (Å²) in [5.41, 5.74) is 3.46. The molecule has 9 aromatic rings. The van der Waals surface area contributed by atoms with Crippen LogP contribution in [0.25, 0.3) is 64.6 Å². The van der Waals surface area contributed by atoms with Crippen LogP contribution in [0.2, 0.25) is 0 Å². The summed E-state index contributed by atoms with van der Waals surface area (Å²) in [5.74, 6) is 0. The molecule has 1 fully saturated rings. The largest absolute Gasteiger partial charge is 0.430 e. The van der Waals surface area contributed by atoms with Crippen LogP contribution < -0.4 is 14.2 Å². The van der Waals surface area contributed by atoms with Crippen LogP contribution in [-0.4, -0.2) is 22.6 Å². The number of hydrogen-bond acceptors (Lipinski definition) is 3. The van der Waals surface area contributed by atoms with Crippen LogP contribution >= 0.6 is 0 Å². The second kappa shape index (κ2) is 10.9. The van der Waals surface area contributed by atoms with Gasteiger partial charge in [0.05, 0.1) is 0 Å². The van der Waals surface area contributed by atoms with Crippen LogP contribution in [0.3, 0.4) is 0 Å². The van der Waals surface area contributed by atoms with E-state index in [0.717, 1.165) is 17.1 Å². The molecule has 0 unspecified atom stereocenters. The van der Waals surface area contributed by atoms with Crippen molar-refractivity contribution < 1.29 is 0 Å². The Morgan fingerprint density at radius 1 is 0.250 bits per heavy atom. The van der Waals surface area contributed by atoms with Crippen molar-refractivity contribution in [3.63, 3.8) is 0 Å². The zero-order chi connectivity index (χ0) is 31.6. The van der Waals surface area contributed by atoms with Crippen LogP contribution in [0.1, 0.15) is 0 Å². The van der Waals surface area contributed by atoms with Crippen LogP contribution in [-0.2, 0) is 0 Å². The van der Waals surface area contributed by atoms with Gasteiger partial charge in [0, 0.05) is 49.4 Å². The second-order valence-corrected chi connectivity index (χ2v) is 12.6. The first-order valence-corrected chi connectivity index (χ1v) is 16.4. The Kier molecular flexibility index (Phi) is 6.17. The Labute approximate surface area is 281 Å². The molecule has 0 saturated carbocycles. The molecule has 0 aliphatic carbocycles. The van der Waals surface area contributed by atoms with Crippen molar-refractivity contribution in [3.05, 3.63) is 164 Å². The second-order valence-electron chi connectivity index (χ2n) is 12.6. The SMILES string of the molecule is [B]1N(c2c3ccccc3cc3ccccc23)[B]N(c2c3ccccc3cc3ccccc23)[B]N1c1c2ccccc2cc2ccccc12. The van der Waals surface area contributed by atoms with Crippen molar-refractivity contribution in [2.45, 2.75) is 0 Å². The minimum Gasteiger partial charge on any atom is -0.430 e. The summed E-state index contributed by atoms with van der Waals surface area (Å²) in [5, 5.41) is 14.5. The van der Waals surface area contributed by atoms with Crippen molar-refractivity contribution in [1.82, 2.24) is 0 Å². The Hall–Kier alpha value is -5.87. The number of fused-ring (bicyclic) bond motifs is 6. The van der Waals surface area contributed by atoms with E-state index in [2.05, 4.69) is 201 Å². The third-order valence-electron chi connectivity index (χ3n) is 9.75. The number of nitrogens with zero attached hydrogens (tertiary/aromatic N) is 3. The number of rotatable bonds is 3. The van der Waals surface area contributed by atoms with E-state index in [-0.39, 0.29) is 0 Å². The van der Waals surface area contributed by atoms with E-state index in [1.807, 2.05) is 0 Å². The fourth-order valence-corrected chi connectivity index (χ4v) is 7.64. The molecule has 0 atom stereocenters. The maximum absolute atomic E-state index is 2.33. The summed E-state index contributed by atoms with van der Waals surface area (Å²) in [4.78, 5) is 0. The number of hydrogen-bond donors (Lipinski definition) is 0. The van der Waals surface area contributed by atoms with Crippen molar-refractivity contribution in [3.8, 4) is 0 Å². The standard InChI is InChI=1S/C42H27B3N3/c1-7-19-34-28(13-1)25-29-14-2-8-20-35(29)40(34)46-43-47(41-36-21-9-3-15-30(36)26-31-16-4-10-22-37(31)41)45-48(44-46)42-38-23-11-5-17-32(38)27-33-18-6-12-24-39(33)42/h1-27H. The zero-order valence-electron chi connectivity index (χ0n) is 26.2. The van der Waals surface area contributed by atoms with Gasteiger partial charge in [0.2, 0.25) is 0 Å². The van der Waals surface area contributed by atoms with Crippen LogP contribution in [0.5, 0.6) is 0 Å². The predicted octanol–water partition coefficient (Wildman–Crippen LogP) is 10.0. The zero-order valence-corrected chi connectivity index (χ0v) is 26.2. The molecule has 0 aromatic heterocycles. The van der Waals surface area contributed by atoms with Gasteiger partial charge in [-0.3, -0.25) is 0 Å². The summed E-state index contributed by atoms with van der Waals surface area (Å²) >= 11 is 0. The minimum absolute atomic E-state index is 1.15. The molecule has 0 N–H and O–H groups in total. The molecule has 0 bridgehead atoms. The molecule has 9 aromatic carbocycles. The molecular weight excluding hydrogens is 579 g/mol. The van der Waals surface area contributed by atoms with Crippen molar-refractivity contribution in [2.24, 2.45) is 0 Å². The third-order valence-corrected chi connectivity index (χ3v) is 9.75. The van der Waals surface area contributed by atoms with Gasteiger partial charge in [0.1, 0.15) is 0 Å². The Morgan fingerprint density at radius 2 is 0.438 bits per heavy atom. The molecule has 0 amide bonds. The molecule has 6 heteroatoms. The monoisotopic (exact) mass is 606 g/mol. The number of benzene rings is 9. The van der Waals surface area contributed by atoms with E-state index >= 15 is 0 Å². The highest BCUT2D eigenvalue weighted by atomic mass is 15.3. The average Bonchev–Trinajstić information content (AvgIpc) is 3.14. The van der Waals surface area contributed by atoms with Crippen LogP contribution in [0.4, 0.5) is 17.1 Å². The summed E-state index contributed by atoms with van der Waals surface area (Å²) in [6, 6.07) is 59.3. The van der Waals surface area contributed by atoms with Crippen LogP contribution in [0.15, 0.2) is 164 Å². The first-order valence-electron chi connectivity index (χ1n) is 16.4. The lowest BCUT2D eigenvalue weighted by Crippen LogP contribution is -2.62. The lowest BCUT2D eigenvalue weighted by atomic mass is 9.70. The van der Waals surface area contributed by atoms with E-state index in [1.54, 1.807) is 0 Å². The normalized spacial score (nSPS) is 13.4. The molecular formula is C42H27B3N3.